The summed E-state index contributed by atoms with van der Waals surface area (Å²) in [5.41, 5.74) is 4.67. The van der Waals surface area contributed by atoms with E-state index in [0.29, 0.717) is 24.6 Å². The fraction of sp³-hybridized carbons (Fsp3) is 0.500. The van der Waals surface area contributed by atoms with Crippen molar-refractivity contribution in [3.8, 4) is 5.88 Å². The smallest absolute Gasteiger partial charge is 0.338 e. The number of hydrogen-bond donors (Lipinski definition) is 0. The van der Waals surface area contributed by atoms with Gasteiger partial charge in [0.25, 0.3) is 0 Å². The lowest BCUT2D eigenvalue weighted by Gasteiger charge is -2.38. The van der Waals surface area contributed by atoms with E-state index in [0.717, 1.165) is 56.6 Å². The van der Waals surface area contributed by atoms with Crippen LogP contribution >= 0.6 is 0 Å². The highest BCUT2D eigenvalue weighted by molar-refractivity contribution is 6.00. The highest BCUT2D eigenvalue weighted by atomic mass is 16.5. The molecule has 0 radical (unpaired) electrons. The highest BCUT2D eigenvalue weighted by Gasteiger charge is 2.48. The lowest BCUT2D eigenvalue weighted by Crippen LogP contribution is -2.45. The predicted molar refractivity (Wildman–Crippen MR) is 118 cm³/mol. The molecule has 32 heavy (non-hydrogen) atoms. The molecule has 8 nitrogen and oxygen atoms in total. The lowest BCUT2D eigenvalue weighted by atomic mass is 9.77. The van der Waals surface area contributed by atoms with Crippen LogP contribution in [0.5, 0.6) is 5.88 Å². The molecule has 1 spiro atoms. The molecule has 1 amide bonds. The van der Waals surface area contributed by atoms with E-state index in [9.17, 15) is 9.59 Å². The summed E-state index contributed by atoms with van der Waals surface area (Å²) in [5.74, 6) is 0.405. The number of carbonyl (C=O) groups is 2. The predicted octanol–water partition coefficient (Wildman–Crippen LogP) is 2.53. The summed E-state index contributed by atoms with van der Waals surface area (Å²) < 4.78 is 10.3. The summed E-state index contributed by atoms with van der Waals surface area (Å²) in [6, 6.07) is 5.73. The second-order valence-electron chi connectivity index (χ2n) is 8.99. The van der Waals surface area contributed by atoms with Crippen LogP contribution in [0.3, 0.4) is 0 Å². The van der Waals surface area contributed by atoms with Crippen molar-refractivity contribution in [1.82, 2.24) is 15.1 Å². The Morgan fingerprint density at radius 1 is 1.16 bits per heavy atom. The van der Waals surface area contributed by atoms with Crippen molar-refractivity contribution in [2.45, 2.75) is 39.2 Å². The number of hydrogen-bond acceptors (Lipinski definition) is 7. The molecule has 3 aliphatic rings. The van der Waals surface area contributed by atoms with Gasteiger partial charge in [0.05, 0.1) is 30.0 Å². The molecule has 0 aliphatic carbocycles. The third kappa shape index (κ3) is 3.52. The van der Waals surface area contributed by atoms with Gasteiger partial charge in [0.15, 0.2) is 0 Å². The third-order valence-electron chi connectivity index (χ3n) is 7.44. The van der Waals surface area contributed by atoms with Crippen molar-refractivity contribution in [2.24, 2.45) is 5.41 Å². The maximum Gasteiger partial charge on any atom is 0.338 e. The normalized spacial score (nSPS) is 20.0. The Balaban J connectivity index is 1.19. The Labute approximate surface area is 187 Å². The number of methoxy groups -OCH3 is 1. The van der Waals surface area contributed by atoms with Crippen LogP contribution in [0.4, 0.5) is 5.69 Å². The van der Waals surface area contributed by atoms with Gasteiger partial charge in [-0.1, -0.05) is 6.07 Å². The first kappa shape index (κ1) is 20.9. The van der Waals surface area contributed by atoms with Crippen molar-refractivity contribution in [2.75, 3.05) is 38.2 Å². The van der Waals surface area contributed by atoms with Crippen LogP contribution in [0.2, 0.25) is 0 Å². The number of cyclic esters (lactones) is 1. The second-order valence-corrected chi connectivity index (χ2v) is 8.99. The van der Waals surface area contributed by atoms with Crippen LogP contribution in [0.1, 0.15) is 46.3 Å². The average Bonchev–Trinajstić information content (AvgIpc) is 3.35. The minimum Gasteiger partial charge on any atom is -0.480 e. The average molecular weight is 437 g/mol. The van der Waals surface area contributed by atoms with E-state index in [1.807, 2.05) is 11.0 Å². The van der Waals surface area contributed by atoms with E-state index in [1.165, 1.54) is 11.1 Å². The van der Waals surface area contributed by atoms with Gasteiger partial charge in [-0.3, -0.25) is 4.79 Å². The largest absolute Gasteiger partial charge is 0.480 e. The van der Waals surface area contributed by atoms with Crippen molar-refractivity contribution in [1.29, 1.82) is 0 Å². The molecule has 1 aromatic heterocycles. The van der Waals surface area contributed by atoms with Crippen LogP contribution in [0.15, 0.2) is 24.4 Å². The zero-order valence-corrected chi connectivity index (χ0v) is 18.6. The van der Waals surface area contributed by atoms with E-state index in [4.69, 9.17) is 9.47 Å². The van der Waals surface area contributed by atoms with Crippen LogP contribution in [-0.2, 0) is 22.6 Å². The summed E-state index contributed by atoms with van der Waals surface area (Å²) in [6.45, 7) is 5.97. The van der Waals surface area contributed by atoms with Crippen molar-refractivity contribution in [3.05, 3.63) is 46.6 Å². The molecule has 5 rings (SSSR count). The minimum absolute atomic E-state index is 0.200. The molecule has 0 N–H and O–H groups in total. The van der Waals surface area contributed by atoms with E-state index < -0.39 is 0 Å². The molecule has 0 unspecified atom stereocenters. The number of anilines is 1. The fourth-order valence-electron chi connectivity index (χ4n) is 5.27. The maximum atomic E-state index is 13.3. The van der Waals surface area contributed by atoms with E-state index in [-0.39, 0.29) is 17.3 Å². The molecule has 1 aromatic carbocycles. The third-order valence-corrected chi connectivity index (χ3v) is 7.44. The number of carbonyl (C=O) groups excluding carboxylic acids is 2. The molecule has 8 heteroatoms. The maximum absolute atomic E-state index is 13.3. The molecule has 0 atom stereocenters. The zero-order valence-electron chi connectivity index (χ0n) is 18.6. The fourth-order valence-corrected chi connectivity index (χ4v) is 5.27. The number of nitrogens with zero attached hydrogens (tertiary/aromatic N) is 4. The van der Waals surface area contributed by atoms with Gasteiger partial charge in [-0.15, -0.1) is 5.10 Å². The summed E-state index contributed by atoms with van der Waals surface area (Å²) in [6.07, 6.45) is 5.20. The van der Waals surface area contributed by atoms with Crippen molar-refractivity contribution < 1.29 is 19.1 Å². The first-order valence-electron chi connectivity index (χ1n) is 11.2. The lowest BCUT2D eigenvalue weighted by molar-refractivity contribution is -0.128. The zero-order chi connectivity index (χ0) is 22.3. The van der Waals surface area contributed by atoms with Crippen molar-refractivity contribution in [3.63, 3.8) is 0 Å². The molecule has 4 heterocycles. The van der Waals surface area contributed by atoms with E-state index in [1.54, 1.807) is 19.4 Å². The van der Waals surface area contributed by atoms with Crippen LogP contribution in [0.25, 0.3) is 0 Å². The van der Waals surface area contributed by atoms with Crippen LogP contribution in [-0.4, -0.2) is 60.3 Å². The van der Waals surface area contributed by atoms with Gasteiger partial charge in [-0.25, -0.2) is 4.79 Å². The SMILES string of the molecule is COc1cc(N2CCC3(CCN(CCc4ccc5c(c4C)COC5=O)CC3)C2=O)cnn1. The first-order chi connectivity index (χ1) is 15.5. The first-order valence-corrected chi connectivity index (χ1v) is 11.2. The second kappa shape index (κ2) is 8.16. The number of benzene rings is 1. The van der Waals surface area contributed by atoms with Gasteiger partial charge in [0.2, 0.25) is 11.8 Å². The Hall–Kier alpha value is -3.00. The van der Waals surface area contributed by atoms with Gasteiger partial charge in [0.1, 0.15) is 6.61 Å². The molecule has 0 saturated carbocycles. The Morgan fingerprint density at radius 3 is 2.72 bits per heavy atom. The molecule has 3 aliphatic heterocycles. The molecule has 0 bridgehead atoms. The van der Waals surface area contributed by atoms with Crippen molar-refractivity contribution >= 4 is 17.6 Å². The van der Waals surface area contributed by atoms with Gasteiger partial charge < -0.3 is 19.3 Å². The number of esters is 1. The van der Waals surface area contributed by atoms with Gasteiger partial charge in [-0.2, -0.15) is 5.10 Å². The number of rotatable bonds is 5. The number of amides is 1. The molecule has 2 saturated heterocycles. The summed E-state index contributed by atoms with van der Waals surface area (Å²) in [7, 11) is 1.55. The van der Waals surface area contributed by atoms with Gasteiger partial charge in [-0.05, 0) is 62.9 Å². The highest BCUT2D eigenvalue weighted by Crippen LogP contribution is 2.43. The topological polar surface area (TPSA) is 84.9 Å². The molecular formula is C24H28N4O4. The van der Waals surface area contributed by atoms with Gasteiger partial charge >= 0.3 is 5.97 Å². The molecule has 2 fully saturated rings. The minimum atomic E-state index is -0.270. The Morgan fingerprint density at radius 2 is 1.94 bits per heavy atom. The summed E-state index contributed by atoms with van der Waals surface area (Å²) in [5, 5.41) is 7.86. The quantitative estimate of drug-likeness (QED) is 0.666. The molecule has 2 aromatic rings. The van der Waals surface area contributed by atoms with E-state index in [2.05, 4.69) is 28.1 Å². The number of ether oxygens (including phenoxy) is 2. The number of fused-ring (bicyclic) bond motifs is 1. The van der Waals surface area contributed by atoms with Crippen LogP contribution < -0.4 is 9.64 Å². The Bertz CT molecular complexity index is 1060. The van der Waals surface area contributed by atoms with E-state index >= 15 is 0 Å². The molecule has 168 valence electrons. The van der Waals surface area contributed by atoms with Crippen LogP contribution in [0, 0.1) is 12.3 Å². The summed E-state index contributed by atoms with van der Waals surface area (Å²) >= 11 is 0. The monoisotopic (exact) mass is 436 g/mol. The standard InChI is InChI=1S/C24H28N4O4/c1-16-17(3-4-19-20(16)15-32-22(19)29)5-9-27-10-6-24(7-11-27)8-12-28(23(24)30)18-13-21(31-2)26-25-14-18/h3-4,13-14H,5-12,15H2,1-2H3. The number of piperidine rings is 1. The number of likely N-dealkylation sites (tertiary alicyclic amines) is 1. The number of aromatic nitrogens is 2. The summed E-state index contributed by atoms with van der Waals surface area (Å²) in [4.78, 5) is 29.4. The Kier molecular flexibility index (Phi) is 5.33. The van der Waals surface area contributed by atoms with Gasteiger partial charge in [0, 0.05) is 24.7 Å². The molecular weight excluding hydrogens is 408 g/mol.